The topological polar surface area (TPSA) is 73.6 Å². The molecule has 0 aromatic heterocycles. The fourth-order valence-electron chi connectivity index (χ4n) is 2.15. The second kappa shape index (κ2) is 6.87. The molecule has 20 heavy (non-hydrogen) atoms. The summed E-state index contributed by atoms with van der Waals surface area (Å²) in [5, 5.41) is 3.34. The Kier molecular flexibility index (Phi) is 5.98. The summed E-state index contributed by atoms with van der Waals surface area (Å²) in [7, 11) is 1.70. The van der Waals surface area contributed by atoms with Crippen molar-refractivity contribution in [3.8, 4) is 0 Å². The summed E-state index contributed by atoms with van der Waals surface area (Å²) in [5.74, 6) is -0.308. The maximum atomic E-state index is 11.7. The fourth-order valence-corrected chi connectivity index (χ4v) is 2.15. The van der Waals surface area contributed by atoms with E-state index in [-0.39, 0.29) is 17.6 Å². The van der Waals surface area contributed by atoms with Gasteiger partial charge >= 0.3 is 0 Å². The Morgan fingerprint density at radius 1 is 1.40 bits per heavy atom. The summed E-state index contributed by atoms with van der Waals surface area (Å²) in [5.41, 5.74) is 4.67. The standard InChI is InChI=1S/C15H30N2O3/c1-11(20-9-8-14(2,3)19-5)10-15(4,13(16)18)17-12-6-7-12/h11-12,17H,6-10H2,1-5H3,(H2,16,18). The van der Waals surface area contributed by atoms with Gasteiger partial charge in [0.2, 0.25) is 5.91 Å². The smallest absolute Gasteiger partial charge is 0.237 e. The number of ether oxygens (including phenoxy) is 2. The highest BCUT2D eigenvalue weighted by Gasteiger charge is 2.38. The molecule has 0 aromatic rings. The molecule has 0 bridgehead atoms. The van der Waals surface area contributed by atoms with Gasteiger partial charge < -0.3 is 20.5 Å². The van der Waals surface area contributed by atoms with E-state index in [0.717, 1.165) is 19.3 Å². The number of carbonyl (C=O) groups is 1. The summed E-state index contributed by atoms with van der Waals surface area (Å²) < 4.78 is 11.2. The zero-order chi connectivity index (χ0) is 15.4. The third kappa shape index (κ3) is 5.77. The number of carbonyl (C=O) groups excluding carboxylic acids is 1. The molecule has 118 valence electrons. The maximum Gasteiger partial charge on any atom is 0.237 e. The quantitative estimate of drug-likeness (QED) is 0.639. The van der Waals surface area contributed by atoms with Crippen LogP contribution in [0.1, 0.15) is 53.4 Å². The first-order chi connectivity index (χ1) is 9.18. The molecule has 0 saturated heterocycles. The van der Waals surface area contributed by atoms with Crippen LogP contribution in [-0.2, 0) is 14.3 Å². The first kappa shape index (κ1) is 17.4. The van der Waals surface area contributed by atoms with Crippen LogP contribution in [0.4, 0.5) is 0 Å². The van der Waals surface area contributed by atoms with Crippen molar-refractivity contribution in [1.82, 2.24) is 5.32 Å². The zero-order valence-electron chi connectivity index (χ0n) is 13.5. The highest BCUT2D eigenvalue weighted by Crippen LogP contribution is 2.25. The van der Waals surface area contributed by atoms with E-state index in [9.17, 15) is 4.79 Å². The van der Waals surface area contributed by atoms with E-state index in [2.05, 4.69) is 5.32 Å². The lowest BCUT2D eigenvalue weighted by molar-refractivity contribution is -0.125. The number of primary amides is 1. The van der Waals surface area contributed by atoms with Gasteiger partial charge in [0, 0.05) is 26.2 Å². The average molecular weight is 286 g/mol. The number of hydrogen-bond acceptors (Lipinski definition) is 4. The van der Waals surface area contributed by atoms with E-state index in [1.54, 1.807) is 7.11 Å². The number of amides is 1. The summed E-state index contributed by atoms with van der Waals surface area (Å²) in [4.78, 5) is 11.7. The molecule has 2 atom stereocenters. The lowest BCUT2D eigenvalue weighted by Crippen LogP contribution is -2.55. The second-order valence-corrected chi connectivity index (χ2v) is 6.71. The summed E-state index contributed by atoms with van der Waals surface area (Å²) in [6, 6.07) is 0.437. The minimum atomic E-state index is -0.683. The van der Waals surface area contributed by atoms with E-state index < -0.39 is 5.54 Å². The molecule has 1 aliphatic carbocycles. The molecule has 0 aromatic carbocycles. The summed E-state index contributed by atoms with van der Waals surface area (Å²) >= 11 is 0. The molecule has 0 radical (unpaired) electrons. The van der Waals surface area contributed by atoms with Crippen LogP contribution in [0.5, 0.6) is 0 Å². The van der Waals surface area contributed by atoms with Gasteiger partial charge in [-0.3, -0.25) is 4.79 Å². The van der Waals surface area contributed by atoms with Crippen molar-refractivity contribution in [3.05, 3.63) is 0 Å². The summed E-state index contributed by atoms with van der Waals surface area (Å²) in [6.07, 6.45) is 3.63. The lowest BCUT2D eigenvalue weighted by Gasteiger charge is -2.31. The molecule has 1 amide bonds. The van der Waals surface area contributed by atoms with E-state index in [1.165, 1.54) is 0 Å². The van der Waals surface area contributed by atoms with Crippen LogP contribution >= 0.6 is 0 Å². The van der Waals surface area contributed by atoms with Crippen molar-refractivity contribution in [2.24, 2.45) is 5.73 Å². The SMILES string of the molecule is COC(C)(C)CCOC(C)CC(C)(NC1CC1)C(N)=O. The van der Waals surface area contributed by atoms with Crippen molar-refractivity contribution in [3.63, 3.8) is 0 Å². The second-order valence-electron chi connectivity index (χ2n) is 6.71. The van der Waals surface area contributed by atoms with Crippen LogP contribution in [0.25, 0.3) is 0 Å². The Balaban J connectivity index is 2.38. The van der Waals surface area contributed by atoms with Gasteiger partial charge in [-0.1, -0.05) is 0 Å². The number of rotatable bonds is 10. The van der Waals surface area contributed by atoms with Crippen molar-refractivity contribution < 1.29 is 14.3 Å². The van der Waals surface area contributed by atoms with Gasteiger partial charge in [0.05, 0.1) is 17.2 Å². The summed E-state index contributed by atoms with van der Waals surface area (Å²) in [6.45, 7) is 8.52. The molecule has 3 N–H and O–H groups in total. The van der Waals surface area contributed by atoms with Crippen LogP contribution in [0.3, 0.4) is 0 Å². The Morgan fingerprint density at radius 2 is 2.00 bits per heavy atom. The van der Waals surface area contributed by atoms with E-state index in [4.69, 9.17) is 15.2 Å². The molecule has 1 saturated carbocycles. The number of nitrogens with two attached hydrogens (primary N) is 1. The molecule has 0 aliphatic heterocycles. The molecule has 2 unspecified atom stereocenters. The molecule has 5 nitrogen and oxygen atoms in total. The Hall–Kier alpha value is -0.650. The minimum Gasteiger partial charge on any atom is -0.379 e. The highest BCUT2D eigenvalue weighted by atomic mass is 16.5. The van der Waals surface area contributed by atoms with Crippen LogP contribution in [0, 0.1) is 0 Å². The average Bonchev–Trinajstić information content (AvgIpc) is 3.12. The molecule has 1 aliphatic rings. The van der Waals surface area contributed by atoms with Gasteiger partial charge in [-0.05, 0) is 47.0 Å². The van der Waals surface area contributed by atoms with Crippen molar-refractivity contribution >= 4 is 5.91 Å². The lowest BCUT2D eigenvalue weighted by atomic mass is 9.93. The monoisotopic (exact) mass is 286 g/mol. The molecule has 0 spiro atoms. The number of nitrogens with one attached hydrogen (secondary N) is 1. The maximum absolute atomic E-state index is 11.7. The molecular weight excluding hydrogens is 256 g/mol. The van der Waals surface area contributed by atoms with Crippen LogP contribution in [0.2, 0.25) is 0 Å². The number of methoxy groups -OCH3 is 1. The van der Waals surface area contributed by atoms with E-state index in [0.29, 0.717) is 19.1 Å². The van der Waals surface area contributed by atoms with E-state index in [1.807, 2.05) is 27.7 Å². The Morgan fingerprint density at radius 3 is 2.45 bits per heavy atom. The Labute approximate surface area is 122 Å². The van der Waals surface area contributed by atoms with Gasteiger partial charge in [-0.2, -0.15) is 0 Å². The van der Waals surface area contributed by atoms with Crippen LogP contribution in [0.15, 0.2) is 0 Å². The van der Waals surface area contributed by atoms with Crippen molar-refractivity contribution in [1.29, 1.82) is 0 Å². The zero-order valence-corrected chi connectivity index (χ0v) is 13.5. The first-order valence-electron chi connectivity index (χ1n) is 7.43. The predicted molar refractivity (Wildman–Crippen MR) is 79.5 cm³/mol. The van der Waals surface area contributed by atoms with E-state index >= 15 is 0 Å². The van der Waals surface area contributed by atoms with Gasteiger partial charge in [0.25, 0.3) is 0 Å². The van der Waals surface area contributed by atoms with Gasteiger partial charge in [0.15, 0.2) is 0 Å². The highest BCUT2D eigenvalue weighted by molar-refractivity contribution is 5.84. The molecule has 5 heteroatoms. The molecule has 0 heterocycles. The van der Waals surface area contributed by atoms with Crippen molar-refractivity contribution in [2.45, 2.75) is 76.7 Å². The third-order valence-electron chi connectivity index (χ3n) is 4.00. The van der Waals surface area contributed by atoms with Gasteiger partial charge in [-0.25, -0.2) is 0 Å². The first-order valence-corrected chi connectivity index (χ1v) is 7.43. The van der Waals surface area contributed by atoms with Crippen molar-refractivity contribution in [2.75, 3.05) is 13.7 Å². The normalized spacial score (nSPS) is 20.4. The van der Waals surface area contributed by atoms with Crippen LogP contribution in [-0.4, -0.2) is 42.9 Å². The van der Waals surface area contributed by atoms with Gasteiger partial charge in [-0.15, -0.1) is 0 Å². The minimum absolute atomic E-state index is 0.0218. The molecule has 1 rings (SSSR count). The number of hydrogen-bond donors (Lipinski definition) is 2. The fraction of sp³-hybridized carbons (Fsp3) is 0.933. The predicted octanol–water partition coefficient (Wildman–Crippen LogP) is 1.59. The van der Waals surface area contributed by atoms with Gasteiger partial charge in [0.1, 0.15) is 0 Å². The molecular formula is C15H30N2O3. The Bertz CT molecular complexity index is 329. The molecule has 1 fully saturated rings. The largest absolute Gasteiger partial charge is 0.379 e. The third-order valence-corrected chi connectivity index (χ3v) is 4.00. The van der Waals surface area contributed by atoms with Crippen LogP contribution < -0.4 is 11.1 Å².